The van der Waals surface area contributed by atoms with Crippen LogP contribution >= 0.6 is 15.9 Å². The van der Waals surface area contributed by atoms with Crippen LogP contribution in [0.15, 0.2) is 18.2 Å². The smallest absolute Gasteiger partial charge is 0.321 e. The number of ether oxygens (including phenoxy) is 2. The van der Waals surface area contributed by atoms with Gasteiger partial charge in [0.2, 0.25) is 0 Å². The Morgan fingerprint density at radius 2 is 2.11 bits per heavy atom. The SMILES string of the molecule is COC(=O)C(Br)CNC(=O)c1ccc(OC)c(F)c1. The maximum Gasteiger partial charge on any atom is 0.321 e. The predicted octanol–water partition coefficient (Wildman–Crippen LogP) is 1.50. The lowest BCUT2D eigenvalue weighted by Crippen LogP contribution is -2.33. The van der Waals surface area contributed by atoms with Gasteiger partial charge in [-0.05, 0) is 18.2 Å². The number of esters is 1. The van der Waals surface area contributed by atoms with Gasteiger partial charge in [0.1, 0.15) is 4.83 Å². The highest BCUT2D eigenvalue weighted by atomic mass is 79.9. The molecule has 0 aromatic heterocycles. The molecule has 7 heteroatoms. The van der Waals surface area contributed by atoms with Gasteiger partial charge in [0.05, 0.1) is 14.2 Å². The zero-order valence-corrected chi connectivity index (χ0v) is 12.0. The first-order valence-electron chi connectivity index (χ1n) is 5.33. The third-order valence-electron chi connectivity index (χ3n) is 2.31. The van der Waals surface area contributed by atoms with Crippen molar-refractivity contribution in [2.75, 3.05) is 20.8 Å². The van der Waals surface area contributed by atoms with E-state index in [1.807, 2.05) is 0 Å². The van der Waals surface area contributed by atoms with Gasteiger partial charge in [-0.2, -0.15) is 0 Å². The summed E-state index contributed by atoms with van der Waals surface area (Å²) < 4.78 is 22.6. The third kappa shape index (κ3) is 4.20. The number of amides is 1. The Balaban J connectivity index is 2.64. The van der Waals surface area contributed by atoms with Crippen LogP contribution in [-0.4, -0.2) is 37.5 Å². The summed E-state index contributed by atoms with van der Waals surface area (Å²) >= 11 is 3.06. The lowest BCUT2D eigenvalue weighted by molar-refractivity contribution is -0.139. The van der Waals surface area contributed by atoms with Crippen LogP contribution in [0.1, 0.15) is 10.4 Å². The topological polar surface area (TPSA) is 64.6 Å². The lowest BCUT2D eigenvalue weighted by Gasteiger charge is -2.10. The highest BCUT2D eigenvalue weighted by Crippen LogP contribution is 2.17. The number of methoxy groups -OCH3 is 2. The molecule has 0 bridgehead atoms. The van der Waals surface area contributed by atoms with Crippen LogP contribution < -0.4 is 10.1 Å². The Bertz CT molecular complexity index is 481. The zero-order valence-electron chi connectivity index (χ0n) is 10.4. The standard InChI is InChI=1S/C12H13BrFNO4/c1-18-10-4-3-7(5-9(10)14)11(16)15-6-8(13)12(17)19-2/h3-5,8H,6H2,1-2H3,(H,15,16). The molecule has 19 heavy (non-hydrogen) atoms. The highest BCUT2D eigenvalue weighted by Gasteiger charge is 2.17. The molecular weight excluding hydrogens is 321 g/mol. The Kier molecular flexibility index (Phi) is 5.75. The van der Waals surface area contributed by atoms with Gasteiger partial charge in [-0.1, -0.05) is 15.9 Å². The first kappa shape index (κ1) is 15.4. The summed E-state index contributed by atoms with van der Waals surface area (Å²) in [6.45, 7) is 0.0408. The van der Waals surface area contributed by atoms with Crippen LogP contribution in [0.2, 0.25) is 0 Å². The summed E-state index contributed by atoms with van der Waals surface area (Å²) in [5, 5.41) is 2.48. The summed E-state index contributed by atoms with van der Waals surface area (Å²) in [5.41, 5.74) is 0.142. The van der Waals surface area contributed by atoms with Crippen molar-refractivity contribution in [1.29, 1.82) is 0 Å². The Morgan fingerprint density at radius 3 is 2.63 bits per heavy atom. The van der Waals surface area contributed by atoms with E-state index in [0.717, 1.165) is 6.07 Å². The van der Waals surface area contributed by atoms with Crippen molar-refractivity contribution < 1.29 is 23.5 Å². The average molecular weight is 334 g/mol. The molecule has 0 saturated heterocycles. The van der Waals surface area contributed by atoms with E-state index in [-0.39, 0.29) is 17.9 Å². The quantitative estimate of drug-likeness (QED) is 0.655. The van der Waals surface area contributed by atoms with Gasteiger partial charge in [0, 0.05) is 12.1 Å². The number of benzene rings is 1. The summed E-state index contributed by atoms with van der Waals surface area (Å²) in [6, 6.07) is 3.85. The molecule has 0 aliphatic carbocycles. The minimum absolute atomic E-state index is 0.0408. The molecule has 0 fully saturated rings. The molecule has 0 aliphatic heterocycles. The molecule has 1 aromatic carbocycles. The molecule has 1 unspecified atom stereocenters. The lowest BCUT2D eigenvalue weighted by atomic mass is 10.2. The molecule has 1 rings (SSSR count). The summed E-state index contributed by atoms with van der Waals surface area (Å²) in [4.78, 5) is 22.2. The molecule has 5 nitrogen and oxygen atoms in total. The van der Waals surface area contributed by atoms with E-state index in [1.54, 1.807) is 0 Å². The summed E-state index contributed by atoms with van der Waals surface area (Å²) in [5.74, 6) is -1.56. The molecule has 104 valence electrons. The second-order valence-corrected chi connectivity index (χ2v) is 4.66. The minimum atomic E-state index is -0.649. The molecule has 0 spiro atoms. The fourth-order valence-corrected chi connectivity index (χ4v) is 1.65. The molecule has 0 heterocycles. The van der Waals surface area contributed by atoms with Gasteiger partial charge in [-0.3, -0.25) is 9.59 Å². The van der Waals surface area contributed by atoms with Crippen molar-refractivity contribution in [1.82, 2.24) is 5.32 Å². The number of nitrogens with one attached hydrogen (secondary N) is 1. The summed E-state index contributed by atoms with van der Waals surface area (Å²) in [6.07, 6.45) is 0. The van der Waals surface area contributed by atoms with E-state index in [0.29, 0.717) is 0 Å². The van der Waals surface area contributed by atoms with Crippen LogP contribution in [-0.2, 0) is 9.53 Å². The fourth-order valence-electron chi connectivity index (χ4n) is 1.30. The van der Waals surface area contributed by atoms with Gasteiger partial charge < -0.3 is 14.8 Å². The van der Waals surface area contributed by atoms with E-state index in [9.17, 15) is 14.0 Å². The maximum atomic E-state index is 13.4. The number of carbonyl (C=O) groups excluding carboxylic acids is 2. The van der Waals surface area contributed by atoms with Crippen molar-refractivity contribution in [3.8, 4) is 5.75 Å². The normalized spacial score (nSPS) is 11.6. The van der Waals surface area contributed by atoms with Crippen molar-refractivity contribution >= 4 is 27.8 Å². The van der Waals surface area contributed by atoms with Gasteiger partial charge in [-0.15, -0.1) is 0 Å². The van der Waals surface area contributed by atoms with Gasteiger partial charge >= 0.3 is 5.97 Å². The van der Waals surface area contributed by atoms with E-state index >= 15 is 0 Å². The second-order valence-electron chi connectivity index (χ2n) is 3.55. The number of halogens is 2. The van der Waals surface area contributed by atoms with Crippen LogP contribution in [0.25, 0.3) is 0 Å². The van der Waals surface area contributed by atoms with E-state index < -0.39 is 22.5 Å². The zero-order chi connectivity index (χ0) is 14.4. The second kappa shape index (κ2) is 7.08. The molecule has 1 atom stereocenters. The van der Waals surface area contributed by atoms with Crippen LogP contribution in [0.5, 0.6) is 5.75 Å². The first-order valence-corrected chi connectivity index (χ1v) is 6.24. The molecule has 0 radical (unpaired) electrons. The largest absolute Gasteiger partial charge is 0.494 e. The van der Waals surface area contributed by atoms with Gasteiger partial charge in [0.25, 0.3) is 5.91 Å². The fraction of sp³-hybridized carbons (Fsp3) is 0.333. The Morgan fingerprint density at radius 1 is 1.42 bits per heavy atom. The number of rotatable bonds is 5. The van der Waals surface area contributed by atoms with E-state index in [2.05, 4.69) is 26.0 Å². The Labute approximate surface area is 118 Å². The summed E-state index contributed by atoms with van der Waals surface area (Å²) in [7, 11) is 2.58. The predicted molar refractivity (Wildman–Crippen MR) is 70.0 cm³/mol. The molecular formula is C12H13BrFNO4. The third-order valence-corrected chi connectivity index (χ3v) is 3.01. The Hall–Kier alpha value is -1.63. The minimum Gasteiger partial charge on any atom is -0.494 e. The number of alkyl halides is 1. The van der Waals surface area contributed by atoms with Gasteiger partial charge in [0.15, 0.2) is 11.6 Å². The molecule has 1 aromatic rings. The van der Waals surface area contributed by atoms with Crippen molar-refractivity contribution in [2.24, 2.45) is 0 Å². The van der Waals surface area contributed by atoms with E-state index in [1.165, 1.54) is 26.4 Å². The first-order chi connectivity index (χ1) is 8.99. The molecule has 0 aliphatic rings. The highest BCUT2D eigenvalue weighted by molar-refractivity contribution is 9.10. The number of carbonyl (C=O) groups is 2. The van der Waals surface area contributed by atoms with Gasteiger partial charge in [-0.25, -0.2) is 4.39 Å². The van der Waals surface area contributed by atoms with Crippen molar-refractivity contribution in [2.45, 2.75) is 4.83 Å². The monoisotopic (exact) mass is 333 g/mol. The number of hydrogen-bond donors (Lipinski definition) is 1. The maximum absolute atomic E-state index is 13.4. The van der Waals surface area contributed by atoms with Crippen LogP contribution in [0.3, 0.4) is 0 Å². The van der Waals surface area contributed by atoms with Crippen molar-refractivity contribution in [3.63, 3.8) is 0 Å². The average Bonchev–Trinajstić information content (AvgIpc) is 2.43. The molecule has 1 amide bonds. The van der Waals surface area contributed by atoms with Crippen LogP contribution in [0.4, 0.5) is 4.39 Å². The van der Waals surface area contributed by atoms with Crippen LogP contribution in [0, 0.1) is 5.82 Å². The number of hydrogen-bond acceptors (Lipinski definition) is 4. The molecule has 0 saturated carbocycles. The molecule has 1 N–H and O–H groups in total. The van der Waals surface area contributed by atoms with E-state index in [4.69, 9.17) is 4.74 Å². The van der Waals surface area contributed by atoms with Crippen molar-refractivity contribution in [3.05, 3.63) is 29.6 Å².